The van der Waals surface area contributed by atoms with Crippen molar-refractivity contribution in [2.24, 2.45) is 7.05 Å². The van der Waals surface area contributed by atoms with Gasteiger partial charge in [0.05, 0.1) is 19.0 Å². The number of hydrogen-bond acceptors (Lipinski definition) is 6. The summed E-state index contributed by atoms with van der Waals surface area (Å²) in [5.41, 5.74) is 1.89. The lowest BCUT2D eigenvalue weighted by molar-refractivity contribution is -0.118. The van der Waals surface area contributed by atoms with E-state index in [0.717, 1.165) is 38.4 Å². The fraction of sp³-hybridized carbons (Fsp3) is 0.476. The largest absolute Gasteiger partial charge is 0.379 e. The molecule has 1 aliphatic rings. The Hall–Kier alpha value is -2.23. The molecule has 30 heavy (non-hydrogen) atoms. The van der Waals surface area contributed by atoms with E-state index in [1.807, 2.05) is 0 Å². The molecule has 0 atom stereocenters. The maximum atomic E-state index is 13.1. The highest BCUT2D eigenvalue weighted by atomic mass is 32.2. The van der Waals surface area contributed by atoms with Crippen LogP contribution < -0.4 is 10.9 Å². The summed E-state index contributed by atoms with van der Waals surface area (Å²) in [7, 11) is 1.65. The van der Waals surface area contributed by atoms with Gasteiger partial charge in [0.25, 0.3) is 5.56 Å². The van der Waals surface area contributed by atoms with Crippen LogP contribution in [-0.4, -0.2) is 65.5 Å². The summed E-state index contributed by atoms with van der Waals surface area (Å²) < 4.78 is 19.9. The lowest BCUT2D eigenvalue weighted by atomic mass is 10.1. The van der Waals surface area contributed by atoms with E-state index in [1.165, 1.54) is 28.5 Å². The van der Waals surface area contributed by atoms with Crippen LogP contribution >= 0.6 is 11.8 Å². The first-order valence-corrected chi connectivity index (χ1v) is 10.9. The number of aryl methyl sites for hydroxylation is 1. The summed E-state index contributed by atoms with van der Waals surface area (Å²) in [5.74, 6) is -0.202. The minimum Gasteiger partial charge on any atom is -0.379 e. The number of carbonyl (C=O) groups is 1. The molecule has 0 saturated carbocycles. The molecule has 0 unspecified atom stereocenters. The molecular weight excluding hydrogens is 407 g/mol. The minimum absolute atomic E-state index is 0.0875. The maximum Gasteiger partial charge on any atom is 0.257 e. The van der Waals surface area contributed by atoms with Gasteiger partial charge in [-0.05, 0) is 24.6 Å². The molecule has 1 saturated heterocycles. The highest BCUT2D eigenvalue weighted by Gasteiger charge is 2.15. The number of amides is 1. The van der Waals surface area contributed by atoms with Crippen molar-refractivity contribution in [1.29, 1.82) is 0 Å². The van der Waals surface area contributed by atoms with Crippen molar-refractivity contribution in [2.75, 3.05) is 45.1 Å². The molecule has 0 aliphatic carbocycles. The van der Waals surface area contributed by atoms with Gasteiger partial charge in [-0.2, -0.15) is 0 Å². The van der Waals surface area contributed by atoms with Crippen LogP contribution in [0.1, 0.15) is 16.8 Å². The lowest BCUT2D eigenvalue weighted by Crippen LogP contribution is -2.41. The normalized spacial score (nSPS) is 14.6. The Morgan fingerprint density at radius 1 is 1.27 bits per heavy atom. The van der Waals surface area contributed by atoms with E-state index < -0.39 is 0 Å². The third kappa shape index (κ3) is 6.13. The zero-order chi connectivity index (χ0) is 21.5. The number of nitrogens with one attached hydrogen (secondary N) is 1. The summed E-state index contributed by atoms with van der Waals surface area (Å²) in [4.78, 5) is 31.7. The number of ether oxygens (including phenoxy) is 1. The Balaban J connectivity index is 1.55. The third-order valence-corrected chi connectivity index (χ3v) is 6.06. The zero-order valence-electron chi connectivity index (χ0n) is 17.3. The van der Waals surface area contributed by atoms with E-state index in [4.69, 9.17) is 4.74 Å². The summed E-state index contributed by atoms with van der Waals surface area (Å²) in [6.45, 7) is 6.42. The molecule has 162 valence electrons. The molecule has 9 heteroatoms. The number of rotatable bonds is 8. The molecule has 1 aliphatic heterocycles. The van der Waals surface area contributed by atoms with E-state index in [9.17, 15) is 14.0 Å². The molecule has 1 aromatic carbocycles. The molecular formula is C21H27FN4O3S. The second-order valence-electron chi connectivity index (χ2n) is 7.22. The molecule has 2 heterocycles. The molecule has 3 rings (SSSR count). The third-order valence-electron chi connectivity index (χ3n) is 5.03. The zero-order valence-corrected chi connectivity index (χ0v) is 18.1. The molecule has 7 nitrogen and oxygen atoms in total. The molecule has 1 N–H and O–H groups in total. The first kappa shape index (κ1) is 22.5. The Bertz CT molecular complexity index is 927. The van der Waals surface area contributed by atoms with Gasteiger partial charge in [-0.25, -0.2) is 9.37 Å². The number of morpholine rings is 1. The first-order valence-electron chi connectivity index (χ1n) is 9.94. The fourth-order valence-electron chi connectivity index (χ4n) is 3.23. The van der Waals surface area contributed by atoms with Gasteiger partial charge in [-0.15, -0.1) is 0 Å². The van der Waals surface area contributed by atoms with Crippen LogP contribution in [0.5, 0.6) is 0 Å². The summed E-state index contributed by atoms with van der Waals surface area (Å²) in [6.07, 6.45) is 0.388. The van der Waals surface area contributed by atoms with E-state index in [-0.39, 0.29) is 23.0 Å². The molecule has 0 spiro atoms. The highest BCUT2D eigenvalue weighted by molar-refractivity contribution is 7.99. The second kappa shape index (κ2) is 10.7. The number of aromatic nitrogens is 2. The first-order chi connectivity index (χ1) is 14.4. The van der Waals surface area contributed by atoms with Gasteiger partial charge in [0, 0.05) is 50.9 Å². The number of benzene rings is 1. The Morgan fingerprint density at radius 3 is 2.67 bits per heavy atom. The quantitative estimate of drug-likeness (QED) is 0.500. The van der Waals surface area contributed by atoms with Crippen molar-refractivity contribution in [3.63, 3.8) is 0 Å². The van der Waals surface area contributed by atoms with E-state index in [0.29, 0.717) is 29.4 Å². The highest BCUT2D eigenvalue weighted by Crippen LogP contribution is 2.16. The van der Waals surface area contributed by atoms with Crippen LogP contribution in [0.2, 0.25) is 0 Å². The summed E-state index contributed by atoms with van der Waals surface area (Å²) in [5, 5.41) is 3.41. The van der Waals surface area contributed by atoms with Crippen LogP contribution in [0.3, 0.4) is 0 Å². The smallest absolute Gasteiger partial charge is 0.257 e. The Morgan fingerprint density at radius 2 is 1.97 bits per heavy atom. The summed E-state index contributed by atoms with van der Waals surface area (Å²) in [6, 6.07) is 6.09. The minimum atomic E-state index is -0.309. The van der Waals surface area contributed by atoms with Gasteiger partial charge in [0.1, 0.15) is 5.82 Å². The van der Waals surface area contributed by atoms with Crippen molar-refractivity contribution in [3.05, 3.63) is 57.3 Å². The Kier molecular flexibility index (Phi) is 8.01. The number of thioether (sulfide) groups is 1. The Labute approximate surface area is 179 Å². The number of nitrogens with zero attached hydrogens (tertiary/aromatic N) is 3. The van der Waals surface area contributed by atoms with Gasteiger partial charge in [-0.3, -0.25) is 19.1 Å². The van der Waals surface area contributed by atoms with Gasteiger partial charge in [-0.1, -0.05) is 23.9 Å². The second-order valence-corrected chi connectivity index (χ2v) is 8.16. The number of carbonyl (C=O) groups excluding carboxylic acids is 1. The maximum absolute atomic E-state index is 13.1. The SMILES string of the molecule is Cc1nc(SCC(=O)NCCN2CCOCC2)n(C)c(=O)c1Cc1ccc(F)cc1. The van der Waals surface area contributed by atoms with Crippen LogP contribution in [-0.2, 0) is 23.0 Å². The van der Waals surface area contributed by atoms with Crippen molar-refractivity contribution in [1.82, 2.24) is 19.8 Å². The predicted octanol–water partition coefficient (Wildman–Crippen LogP) is 1.36. The molecule has 0 bridgehead atoms. The van der Waals surface area contributed by atoms with Crippen molar-refractivity contribution in [3.8, 4) is 0 Å². The monoisotopic (exact) mass is 434 g/mol. The van der Waals surface area contributed by atoms with Crippen LogP contribution in [0.4, 0.5) is 4.39 Å². The summed E-state index contributed by atoms with van der Waals surface area (Å²) >= 11 is 1.24. The fourth-order valence-corrected chi connectivity index (χ4v) is 4.07. The van der Waals surface area contributed by atoms with Crippen LogP contribution in [0.15, 0.2) is 34.2 Å². The van der Waals surface area contributed by atoms with Gasteiger partial charge >= 0.3 is 0 Å². The van der Waals surface area contributed by atoms with Crippen LogP contribution in [0.25, 0.3) is 0 Å². The molecule has 1 aromatic heterocycles. The average Bonchev–Trinajstić information content (AvgIpc) is 2.75. The van der Waals surface area contributed by atoms with E-state index in [1.54, 1.807) is 26.1 Å². The van der Waals surface area contributed by atoms with Crippen molar-refractivity contribution >= 4 is 17.7 Å². The van der Waals surface area contributed by atoms with Crippen molar-refractivity contribution in [2.45, 2.75) is 18.5 Å². The van der Waals surface area contributed by atoms with Gasteiger partial charge in [0.15, 0.2) is 5.16 Å². The predicted molar refractivity (Wildman–Crippen MR) is 114 cm³/mol. The van der Waals surface area contributed by atoms with Gasteiger partial charge in [0.2, 0.25) is 5.91 Å². The lowest BCUT2D eigenvalue weighted by Gasteiger charge is -2.26. The molecule has 1 amide bonds. The molecule has 0 radical (unpaired) electrons. The topological polar surface area (TPSA) is 76.5 Å². The average molecular weight is 435 g/mol. The van der Waals surface area contributed by atoms with E-state index >= 15 is 0 Å². The molecule has 1 fully saturated rings. The van der Waals surface area contributed by atoms with Crippen molar-refractivity contribution < 1.29 is 13.9 Å². The standard InChI is InChI=1S/C21H27FN4O3S/c1-15-18(13-16-3-5-17(22)6-4-16)20(28)25(2)21(24-15)30-14-19(27)23-7-8-26-9-11-29-12-10-26/h3-6H,7-14H2,1-2H3,(H,23,27). The van der Waals surface area contributed by atoms with Crippen LogP contribution in [0, 0.1) is 12.7 Å². The van der Waals surface area contributed by atoms with E-state index in [2.05, 4.69) is 15.2 Å². The molecule has 2 aromatic rings. The van der Waals surface area contributed by atoms with Gasteiger partial charge < -0.3 is 10.1 Å². The number of hydrogen-bond donors (Lipinski definition) is 1. The number of halogens is 1.